The SMILES string of the molecule is CN1CCN(NC(=O)c2cnc(N)cn2)CC1. The van der Waals surface area contributed by atoms with Gasteiger partial charge in [-0.15, -0.1) is 0 Å². The van der Waals surface area contributed by atoms with Crippen molar-refractivity contribution in [2.24, 2.45) is 0 Å². The standard InChI is InChI=1S/C10H16N6O/c1-15-2-4-16(5-3-15)14-10(17)8-6-13-9(11)7-12-8/h6-7H,2-5H2,1H3,(H2,11,13)(H,14,17). The zero-order valence-corrected chi connectivity index (χ0v) is 9.76. The van der Waals surface area contributed by atoms with Gasteiger partial charge in [-0.2, -0.15) is 0 Å². The Labute approximate surface area is 99.6 Å². The molecule has 7 heteroatoms. The molecule has 2 heterocycles. The first-order chi connectivity index (χ1) is 8.15. The highest BCUT2D eigenvalue weighted by Crippen LogP contribution is 1.99. The molecule has 1 fully saturated rings. The van der Waals surface area contributed by atoms with Crippen LogP contribution in [0.5, 0.6) is 0 Å². The number of nitrogens with one attached hydrogen (secondary N) is 1. The monoisotopic (exact) mass is 236 g/mol. The van der Waals surface area contributed by atoms with E-state index in [0.717, 1.165) is 26.2 Å². The topological polar surface area (TPSA) is 87.4 Å². The maximum Gasteiger partial charge on any atom is 0.285 e. The van der Waals surface area contributed by atoms with Gasteiger partial charge in [0.15, 0.2) is 0 Å². The van der Waals surface area contributed by atoms with Gasteiger partial charge in [0, 0.05) is 26.2 Å². The third-order valence-corrected chi connectivity index (χ3v) is 2.67. The number of hydrogen-bond acceptors (Lipinski definition) is 6. The Morgan fingerprint density at radius 2 is 2.00 bits per heavy atom. The molecule has 1 aromatic heterocycles. The predicted octanol–water partition coefficient (Wildman–Crippen LogP) is -1.05. The van der Waals surface area contributed by atoms with E-state index in [1.54, 1.807) is 0 Å². The molecule has 0 aromatic carbocycles. The molecule has 7 nitrogen and oxygen atoms in total. The summed E-state index contributed by atoms with van der Waals surface area (Å²) >= 11 is 0. The van der Waals surface area contributed by atoms with Crippen LogP contribution in [0.4, 0.5) is 5.82 Å². The average Bonchev–Trinajstić information content (AvgIpc) is 2.33. The molecular formula is C10H16N6O. The molecule has 1 amide bonds. The van der Waals surface area contributed by atoms with Crippen LogP contribution in [0, 0.1) is 0 Å². The average molecular weight is 236 g/mol. The molecule has 0 unspecified atom stereocenters. The first kappa shape index (κ1) is 11.7. The van der Waals surface area contributed by atoms with Crippen molar-refractivity contribution in [2.45, 2.75) is 0 Å². The van der Waals surface area contributed by atoms with E-state index >= 15 is 0 Å². The van der Waals surface area contributed by atoms with Crippen molar-refractivity contribution < 1.29 is 4.79 Å². The van der Waals surface area contributed by atoms with Gasteiger partial charge in [0.05, 0.1) is 12.4 Å². The number of anilines is 1. The van der Waals surface area contributed by atoms with Gasteiger partial charge in [-0.25, -0.2) is 15.0 Å². The molecule has 0 aliphatic carbocycles. The number of nitrogens with zero attached hydrogens (tertiary/aromatic N) is 4. The molecule has 0 atom stereocenters. The number of carbonyl (C=O) groups is 1. The Hall–Kier alpha value is -1.73. The number of hydrazine groups is 1. The Bertz CT molecular complexity index is 384. The number of rotatable bonds is 2. The molecule has 3 N–H and O–H groups in total. The van der Waals surface area contributed by atoms with Crippen LogP contribution in [0.25, 0.3) is 0 Å². The van der Waals surface area contributed by atoms with Gasteiger partial charge < -0.3 is 10.6 Å². The Balaban J connectivity index is 1.91. The van der Waals surface area contributed by atoms with Crippen LogP contribution in [0.15, 0.2) is 12.4 Å². The lowest BCUT2D eigenvalue weighted by molar-refractivity contribution is 0.0657. The van der Waals surface area contributed by atoms with Crippen molar-refractivity contribution >= 4 is 11.7 Å². The molecule has 0 spiro atoms. The molecule has 0 radical (unpaired) electrons. The molecule has 1 aliphatic rings. The summed E-state index contributed by atoms with van der Waals surface area (Å²) in [4.78, 5) is 21.8. The molecule has 92 valence electrons. The summed E-state index contributed by atoms with van der Waals surface area (Å²) in [7, 11) is 2.06. The van der Waals surface area contributed by atoms with E-state index in [9.17, 15) is 4.79 Å². The fourth-order valence-corrected chi connectivity index (χ4v) is 1.57. The van der Waals surface area contributed by atoms with Gasteiger partial charge in [0.2, 0.25) is 0 Å². The van der Waals surface area contributed by atoms with Crippen LogP contribution in [0.3, 0.4) is 0 Å². The summed E-state index contributed by atoms with van der Waals surface area (Å²) in [5.41, 5.74) is 8.48. The highest BCUT2D eigenvalue weighted by molar-refractivity contribution is 5.91. The molecule has 1 saturated heterocycles. The minimum Gasteiger partial charge on any atom is -0.382 e. The lowest BCUT2D eigenvalue weighted by Crippen LogP contribution is -2.52. The number of piperazine rings is 1. The molecule has 0 saturated carbocycles. The highest BCUT2D eigenvalue weighted by Gasteiger charge is 2.17. The number of amides is 1. The van der Waals surface area contributed by atoms with Crippen molar-refractivity contribution in [1.82, 2.24) is 25.3 Å². The van der Waals surface area contributed by atoms with Gasteiger partial charge in [0.1, 0.15) is 11.5 Å². The van der Waals surface area contributed by atoms with E-state index < -0.39 is 0 Å². The number of nitrogens with two attached hydrogens (primary N) is 1. The van der Waals surface area contributed by atoms with Crippen LogP contribution < -0.4 is 11.2 Å². The van der Waals surface area contributed by atoms with Crippen LogP contribution in [-0.4, -0.2) is 59.0 Å². The number of carbonyl (C=O) groups excluding carboxylic acids is 1. The number of likely N-dealkylation sites (N-methyl/N-ethyl adjacent to an activating group) is 1. The van der Waals surface area contributed by atoms with Crippen molar-refractivity contribution in [3.8, 4) is 0 Å². The van der Waals surface area contributed by atoms with E-state index in [1.807, 2.05) is 5.01 Å². The zero-order chi connectivity index (χ0) is 12.3. The Kier molecular flexibility index (Phi) is 3.50. The van der Waals surface area contributed by atoms with E-state index in [1.165, 1.54) is 12.4 Å². The quantitative estimate of drug-likeness (QED) is 0.681. The van der Waals surface area contributed by atoms with Crippen molar-refractivity contribution in [3.63, 3.8) is 0 Å². The first-order valence-corrected chi connectivity index (χ1v) is 5.47. The Morgan fingerprint density at radius 3 is 2.59 bits per heavy atom. The van der Waals surface area contributed by atoms with Gasteiger partial charge in [-0.1, -0.05) is 0 Å². The van der Waals surface area contributed by atoms with E-state index in [-0.39, 0.29) is 11.6 Å². The number of aromatic nitrogens is 2. The minimum atomic E-state index is -0.248. The third kappa shape index (κ3) is 3.11. The fraction of sp³-hybridized carbons (Fsp3) is 0.500. The predicted molar refractivity (Wildman–Crippen MR) is 63.0 cm³/mol. The van der Waals surface area contributed by atoms with Crippen LogP contribution >= 0.6 is 0 Å². The largest absolute Gasteiger partial charge is 0.382 e. The third-order valence-electron chi connectivity index (χ3n) is 2.67. The maximum absolute atomic E-state index is 11.8. The molecule has 0 bridgehead atoms. The summed E-state index contributed by atoms with van der Waals surface area (Å²) in [6.07, 6.45) is 2.75. The lowest BCUT2D eigenvalue weighted by Gasteiger charge is -2.32. The van der Waals surface area contributed by atoms with Crippen LogP contribution in [0.1, 0.15) is 10.5 Å². The van der Waals surface area contributed by atoms with Gasteiger partial charge >= 0.3 is 0 Å². The van der Waals surface area contributed by atoms with Crippen LogP contribution in [-0.2, 0) is 0 Å². The second-order valence-electron chi connectivity index (χ2n) is 4.06. The minimum absolute atomic E-state index is 0.248. The summed E-state index contributed by atoms with van der Waals surface area (Å²) in [6, 6.07) is 0. The highest BCUT2D eigenvalue weighted by atomic mass is 16.2. The lowest BCUT2D eigenvalue weighted by atomic mass is 10.4. The molecule has 17 heavy (non-hydrogen) atoms. The zero-order valence-electron chi connectivity index (χ0n) is 9.76. The summed E-state index contributed by atoms with van der Waals surface area (Å²) in [6.45, 7) is 3.50. The van der Waals surface area contributed by atoms with Gasteiger partial charge in [0.25, 0.3) is 5.91 Å². The second-order valence-corrected chi connectivity index (χ2v) is 4.06. The van der Waals surface area contributed by atoms with Crippen molar-refractivity contribution in [2.75, 3.05) is 39.0 Å². The fourth-order valence-electron chi connectivity index (χ4n) is 1.57. The van der Waals surface area contributed by atoms with Crippen molar-refractivity contribution in [1.29, 1.82) is 0 Å². The normalized spacial score (nSPS) is 17.9. The van der Waals surface area contributed by atoms with Crippen molar-refractivity contribution in [3.05, 3.63) is 18.1 Å². The molecule has 1 aliphatic heterocycles. The molecule has 1 aromatic rings. The number of hydrogen-bond donors (Lipinski definition) is 2. The molecular weight excluding hydrogens is 220 g/mol. The molecule has 2 rings (SSSR count). The smallest absolute Gasteiger partial charge is 0.285 e. The summed E-state index contributed by atoms with van der Waals surface area (Å²) < 4.78 is 0. The summed E-state index contributed by atoms with van der Waals surface area (Å²) in [5, 5.41) is 1.89. The van der Waals surface area contributed by atoms with E-state index in [4.69, 9.17) is 5.73 Å². The second kappa shape index (κ2) is 5.07. The van der Waals surface area contributed by atoms with E-state index in [2.05, 4.69) is 27.3 Å². The first-order valence-electron chi connectivity index (χ1n) is 5.47. The van der Waals surface area contributed by atoms with Crippen LogP contribution in [0.2, 0.25) is 0 Å². The number of nitrogen functional groups attached to an aromatic ring is 1. The summed E-state index contributed by atoms with van der Waals surface area (Å²) in [5.74, 6) is 0.0585. The Morgan fingerprint density at radius 1 is 1.29 bits per heavy atom. The van der Waals surface area contributed by atoms with Gasteiger partial charge in [-0.3, -0.25) is 10.2 Å². The maximum atomic E-state index is 11.8. The van der Waals surface area contributed by atoms with Gasteiger partial charge in [-0.05, 0) is 7.05 Å². The van der Waals surface area contributed by atoms with E-state index in [0.29, 0.717) is 5.82 Å².